The maximum absolute atomic E-state index is 12.7. The molecule has 24 heavy (non-hydrogen) atoms. The van der Waals surface area contributed by atoms with E-state index < -0.39 is 0 Å². The highest BCUT2D eigenvalue weighted by Gasteiger charge is 2.24. The number of carbonyl (C=O) groups excluding carboxylic acids is 1. The van der Waals surface area contributed by atoms with Crippen molar-refractivity contribution in [2.24, 2.45) is 5.73 Å². The zero-order chi connectivity index (χ0) is 16.8. The number of likely N-dealkylation sites (tertiary alicyclic amines) is 1. The first kappa shape index (κ1) is 20.9. The van der Waals surface area contributed by atoms with Crippen molar-refractivity contribution >= 4 is 29.9 Å². The Bertz CT molecular complexity index is 555. The lowest BCUT2D eigenvalue weighted by Gasteiger charge is -2.31. The molecule has 1 aliphatic rings. The third-order valence-corrected chi connectivity index (χ3v) is 4.03. The van der Waals surface area contributed by atoms with Gasteiger partial charge in [0.15, 0.2) is 11.5 Å². The van der Waals surface area contributed by atoms with Gasteiger partial charge in [0, 0.05) is 24.7 Å². The van der Waals surface area contributed by atoms with Crippen molar-refractivity contribution in [3.63, 3.8) is 0 Å². The lowest BCUT2D eigenvalue weighted by atomic mass is 10.1. The van der Waals surface area contributed by atoms with Crippen LogP contribution in [0.3, 0.4) is 0 Å². The molecule has 1 saturated heterocycles. The first-order valence-electron chi connectivity index (χ1n) is 8.20. The van der Waals surface area contributed by atoms with Crippen LogP contribution in [0.2, 0.25) is 5.02 Å². The van der Waals surface area contributed by atoms with E-state index in [1.54, 1.807) is 17.0 Å². The van der Waals surface area contributed by atoms with Crippen LogP contribution in [0.4, 0.5) is 0 Å². The number of hydrogen-bond donors (Lipinski definition) is 1. The first-order valence-corrected chi connectivity index (χ1v) is 8.58. The van der Waals surface area contributed by atoms with E-state index in [9.17, 15) is 4.79 Å². The number of ether oxygens (including phenoxy) is 2. The Labute approximate surface area is 154 Å². The largest absolute Gasteiger partial charge is 0.490 e. The maximum atomic E-state index is 12.7. The van der Waals surface area contributed by atoms with Crippen molar-refractivity contribution in [2.45, 2.75) is 39.2 Å². The molecule has 1 aromatic rings. The number of amides is 1. The highest BCUT2D eigenvalue weighted by molar-refractivity contribution is 6.32. The van der Waals surface area contributed by atoms with E-state index in [4.69, 9.17) is 26.8 Å². The van der Waals surface area contributed by atoms with E-state index in [0.29, 0.717) is 41.8 Å². The summed E-state index contributed by atoms with van der Waals surface area (Å²) >= 11 is 6.32. The van der Waals surface area contributed by atoms with Gasteiger partial charge in [0.05, 0.1) is 18.2 Å². The number of nitrogens with zero attached hydrogens (tertiary/aromatic N) is 1. The Morgan fingerprint density at radius 1 is 1.38 bits per heavy atom. The van der Waals surface area contributed by atoms with Gasteiger partial charge < -0.3 is 20.1 Å². The van der Waals surface area contributed by atoms with Gasteiger partial charge in [0.1, 0.15) is 0 Å². The van der Waals surface area contributed by atoms with Gasteiger partial charge in [0.2, 0.25) is 0 Å². The van der Waals surface area contributed by atoms with E-state index in [-0.39, 0.29) is 24.4 Å². The summed E-state index contributed by atoms with van der Waals surface area (Å²) in [5, 5.41) is 0.397. The van der Waals surface area contributed by atoms with E-state index in [0.717, 1.165) is 25.8 Å². The van der Waals surface area contributed by atoms with Gasteiger partial charge in [-0.05, 0) is 38.3 Å². The minimum atomic E-state index is -0.0648. The van der Waals surface area contributed by atoms with Crippen LogP contribution in [0.15, 0.2) is 12.1 Å². The average molecular weight is 377 g/mol. The van der Waals surface area contributed by atoms with Crippen molar-refractivity contribution in [2.75, 3.05) is 26.3 Å². The fourth-order valence-corrected chi connectivity index (χ4v) is 2.94. The number of piperidine rings is 1. The van der Waals surface area contributed by atoms with E-state index in [2.05, 4.69) is 0 Å². The SMILES string of the molecule is CCCOc1c(Cl)cc(C(=O)N2CCCC(N)C2)cc1OCC.Cl. The number of halogens is 2. The molecule has 7 heteroatoms. The van der Waals surface area contributed by atoms with Crippen molar-refractivity contribution < 1.29 is 14.3 Å². The highest BCUT2D eigenvalue weighted by Crippen LogP contribution is 2.37. The molecule has 0 aliphatic carbocycles. The lowest BCUT2D eigenvalue weighted by Crippen LogP contribution is -2.45. The summed E-state index contributed by atoms with van der Waals surface area (Å²) in [4.78, 5) is 14.5. The van der Waals surface area contributed by atoms with Crippen molar-refractivity contribution in [3.05, 3.63) is 22.7 Å². The maximum Gasteiger partial charge on any atom is 0.254 e. The van der Waals surface area contributed by atoms with Crippen LogP contribution in [0.5, 0.6) is 11.5 Å². The van der Waals surface area contributed by atoms with Gasteiger partial charge in [0.25, 0.3) is 5.91 Å². The zero-order valence-corrected chi connectivity index (χ0v) is 15.8. The molecule has 0 bridgehead atoms. The third kappa shape index (κ3) is 5.16. The van der Waals surface area contributed by atoms with Crippen LogP contribution < -0.4 is 15.2 Å². The van der Waals surface area contributed by atoms with Crippen LogP contribution in [0.1, 0.15) is 43.5 Å². The summed E-state index contributed by atoms with van der Waals surface area (Å²) < 4.78 is 11.3. The van der Waals surface area contributed by atoms with E-state index in [1.165, 1.54) is 0 Å². The quantitative estimate of drug-likeness (QED) is 0.824. The molecule has 0 aromatic heterocycles. The van der Waals surface area contributed by atoms with E-state index in [1.807, 2.05) is 13.8 Å². The molecule has 1 atom stereocenters. The molecule has 1 unspecified atom stereocenters. The smallest absolute Gasteiger partial charge is 0.254 e. The Morgan fingerprint density at radius 3 is 2.75 bits per heavy atom. The number of nitrogens with two attached hydrogens (primary N) is 1. The number of hydrogen-bond acceptors (Lipinski definition) is 4. The van der Waals surface area contributed by atoms with Crippen molar-refractivity contribution in [3.8, 4) is 11.5 Å². The van der Waals surface area contributed by atoms with Crippen molar-refractivity contribution in [1.29, 1.82) is 0 Å². The van der Waals surface area contributed by atoms with Crippen LogP contribution in [-0.4, -0.2) is 43.2 Å². The fourth-order valence-electron chi connectivity index (χ4n) is 2.68. The number of benzene rings is 1. The Balaban J connectivity index is 0.00000288. The van der Waals surface area contributed by atoms with Crippen molar-refractivity contribution in [1.82, 2.24) is 4.90 Å². The van der Waals surface area contributed by atoms with Gasteiger partial charge in [-0.2, -0.15) is 0 Å². The van der Waals surface area contributed by atoms with Gasteiger partial charge >= 0.3 is 0 Å². The first-order chi connectivity index (χ1) is 11.1. The molecule has 0 radical (unpaired) electrons. The molecule has 1 aliphatic heterocycles. The van der Waals surface area contributed by atoms with Gasteiger partial charge in [-0.3, -0.25) is 4.79 Å². The summed E-state index contributed by atoms with van der Waals surface area (Å²) in [6, 6.07) is 3.40. The molecule has 1 heterocycles. The second-order valence-corrected chi connectivity index (χ2v) is 6.13. The zero-order valence-electron chi connectivity index (χ0n) is 14.2. The number of rotatable bonds is 6. The molecule has 1 fully saturated rings. The normalized spacial score (nSPS) is 17.2. The highest BCUT2D eigenvalue weighted by atomic mass is 35.5. The van der Waals surface area contributed by atoms with Gasteiger partial charge in [-0.25, -0.2) is 0 Å². The molecule has 0 saturated carbocycles. The summed E-state index contributed by atoms with van der Waals surface area (Å²) in [6.07, 6.45) is 2.75. The number of carbonyl (C=O) groups is 1. The predicted octanol–water partition coefficient (Wildman–Crippen LogP) is 3.51. The molecule has 2 N–H and O–H groups in total. The molecular formula is C17H26Cl2N2O3. The van der Waals surface area contributed by atoms with Crippen LogP contribution in [-0.2, 0) is 0 Å². The third-order valence-electron chi connectivity index (χ3n) is 3.75. The lowest BCUT2D eigenvalue weighted by molar-refractivity contribution is 0.0708. The van der Waals surface area contributed by atoms with Crippen LogP contribution in [0.25, 0.3) is 0 Å². The Kier molecular flexibility index (Phi) is 8.67. The summed E-state index contributed by atoms with van der Waals surface area (Å²) in [6.45, 7) is 6.23. The molecular weight excluding hydrogens is 351 g/mol. The monoisotopic (exact) mass is 376 g/mol. The fraction of sp³-hybridized carbons (Fsp3) is 0.588. The Hall–Kier alpha value is -1.17. The second-order valence-electron chi connectivity index (χ2n) is 5.72. The molecule has 2 rings (SSSR count). The molecule has 136 valence electrons. The van der Waals surface area contributed by atoms with Gasteiger partial charge in [-0.1, -0.05) is 18.5 Å². The predicted molar refractivity (Wildman–Crippen MR) is 98.8 cm³/mol. The summed E-state index contributed by atoms with van der Waals surface area (Å²) in [5.74, 6) is 0.949. The Morgan fingerprint density at radius 2 is 2.12 bits per heavy atom. The molecule has 5 nitrogen and oxygen atoms in total. The average Bonchev–Trinajstić information content (AvgIpc) is 2.53. The van der Waals surface area contributed by atoms with Crippen LogP contribution in [0, 0.1) is 0 Å². The topological polar surface area (TPSA) is 64.8 Å². The van der Waals surface area contributed by atoms with Crippen LogP contribution >= 0.6 is 24.0 Å². The summed E-state index contributed by atoms with van der Waals surface area (Å²) in [5.41, 5.74) is 6.47. The van der Waals surface area contributed by atoms with Gasteiger partial charge in [-0.15, -0.1) is 12.4 Å². The summed E-state index contributed by atoms with van der Waals surface area (Å²) in [7, 11) is 0. The molecule has 1 amide bonds. The minimum absolute atomic E-state index is 0. The minimum Gasteiger partial charge on any atom is -0.490 e. The standard InChI is InChI=1S/C17H25ClN2O3.ClH/c1-3-8-23-16-14(18)9-12(10-15(16)22-4-2)17(21)20-7-5-6-13(19)11-20;/h9-10,13H,3-8,11,19H2,1-2H3;1H. The molecule has 0 spiro atoms. The second kappa shape index (κ2) is 9.97. The van der Waals surface area contributed by atoms with E-state index >= 15 is 0 Å². The molecule has 1 aromatic carbocycles.